The summed E-state index contributed by atoms with van der Waals surface area (Å²) in [4.78, 5) is 11.9. The minimum atomic E-state index is -3.65. The van der Waals surface area contributed by atoms with E-state index in [1.807, 2.05) is 20.8 Å². The van der Waals surface area contributed by atoms with E-state index in [0.29, 0.717) is 17.8 Å². The molecular weight excluding hydrogens is 312 g/mol. The van der Waals surface area contributed by atoms with Crippen LogP contribution in [0.25, 0.3) is 0 Å². The maximum atomic E-state index is 12.4. The Balaban J connectivity index is 2.20. The van der Waals surface area contributed by atoms with E-state index < -0.39 is 10.0 Å². The first-order chi connectivity index (χ1) is 10.8. The van der Waals surface area contributed by atoms with Gasteiger partial charge in [0.2, 0.25) is 0 Å². The largest absolute Gasteiger partial charge is 0.352 e. The highest BCUT2D eigenvalue weighted by Gasteiger charge is 2.15. The molecule has 0 aliphatic carbocycles. The monoisotopic (exact) mass is 332 g/mol. The molecule has 0 unspecified atom stereocenters. The van der Waals surface area contributed by atoms with Crippen molar-refractivity contribution in [2.75, 3.05) is 11.3 Å². The Morgan fingerprint density at radius 2 is 1.65 bits per heavy atom. The van der Waals surface area contributed by atoms with Gasteiger partial charge < -0.3 is 5.32 Å². The van der Waals surface area contributed by atoms with Crippen LogP contribution in [0.2, 0.25) is 0 Å². The number of rotatable bonds is 5. The maximum Gasteiger partial charge on any atom is 0.261 e. The lowest BCUT2D eigenvalue weighted by molar-refractivity contribution is 0.0956. The molecule has 0 saturated carbocycles. The fraction of sp³-hybridized carbons (Fsp3) is 0.235. The van der Waals surface area contributed by atoms with Gasteiger partial charge in [-0.25, -0.2) is 8.42 Å². The summed E-state index contributed by atoms with van der Waals surface area (Å²) < 4.78 is 27.3. The molecule has 2 aromatic rings. The Kier molecular flexibility index (Phi) is 5.05. The number of sulfonamides is 1. The molecule has 0 heterocycles. The van der Waals surface area contributed by atoms with Gasteiger partial charge in [0.1, 0.15) is 0 Å². The zero-order valence-electron chi connectivity index (χ0n) is 13.4. The average Bonchev–Trinajstić information content (AvgIpc) is 2.50. The summed E-state index contributed by atoms with van der Waals surface area (Å²) >= 11 is 0. The van der Waals surface area contributed by atoms with E-state index in [1.54, 1.807) is 42.5 Å². The number of carbonyl (C=O) groups is 1. The van der Waals surface area contributed by atoms with E-state index >= 15 is 0 Å². The molecule has 2 rings (SSSR count). The third kappa shape index (κ3) is 4.10. The van der Waals surface area contributed by atoms with Crippen LogP contribution in [0.1, 0.15) is 28.4 Å². The zero-order chi connectivity index (χ0) is 17.0. The van der Waals surface area contributed by atoms with Crippen LogP contribution >= 0.6 is 0 Å². The van der Waals surface area contributed by atoms with Gasteiger partial charge >= 0.3 is 0 Å². The summed E-state index contributed by atoms with van der Waals surface area (Å²) in [7, 11) is -3.65. The molecule has 1 amide bonds. The van der Waals surface area contributed by atoms with Gasteiger partial charge in [-0.1, -0.05) is 6.07 Å². The normalized spacial score (nSPS) is 11.1. The van der Waals surface area contributed by atoms with Gasteiger partial charge in [-0.3, -0.25) is 9.52 Å². The number of aryl methyl sites for hydroxylation is 2. The summed E-state index contributed by atoms with van der Waals surface area (Å²) in [5.41, 5.74) is 2.85. The van der Waals surface area contributed by atoms with E-state index in [0.717, 1.165) is 11.1 Å². The Morgan fingerprint density at radius 3 is 2.22 bits per heavy atom. The molecule has 5 nitrogen and oxygen atoms in total. The van der Waals surface area contributed by atoms with E-state index in [4.69, 9.17) is 0 Å². The highest BCUT2D eigenvalue weighted by Crippen LogP contribution is 2.19. The lowest BCUT2D eigenvalue weighted by Gasteiger charge is -2.10. The van der Waals surface area contributed by atoms with Gasteiger partial charge in [-0.15, -0.1) is 0 Å². The van der Waals surface area contributed by atoms with Crippen molar-refractivity contribution >= 4 is 21.6 Å². The fourth-order valence-electron chi connectivity index (χ4n) is 2.05. The number of anilines is 1. The van der Waals surface area contributed by atoms with Gasteiger partial charge in [0.15, 0.2) is 0 Å². The molecule has 0 saturated heterocycles. The van der Waals surface area contributed by atoms with Crippen LogP contribution in [0.15, 0.2) is 47.4 Å². The lowest BCUT2D eigenvalue weighted by atomic mass is 10.1. The predicted octanol–water partition coefficient (Wildman–Crippen LogP) is 2.85. The third-order valence-corrected chi connectivity index (χ3v) is 4.90. The molecule has 0 aromatic heterocycles. The summed E-state index contributed by atoms with van der Waals surface area (Å²) in [6.45, 7) is 6.18. The topological polar surface area (TPSA) is 75.3 Å². The number of hydrogen-bond donors (Lipinski definition) is 2. The van der Waals surface area contributed by atoms with Crippen LogP contribution in [0.5, 0.6) is 0 Å². The minimum Gasteiger partial charge on any atom is -0.352 e. The maximum absolute atomic E-state index is 12.4. The average molecular weight is 332 g/mol. The highest BCUT2D eigenvalue weighted by molar-refractivity contribution is 7.92. The predicted molar refractivity (Wildman–Crippen MR) is 91.2 cm³/mol. The van der Waals surface area contributed by atoms with Gasteiger partial charge in [0, 0.05) is 17.8 Å². The van der Waals surface area contributed by atoms with E-state index in [1.165, 1.54) is 0 Å². The first kappa shape index (κ1) is 17.0. The van der Waals surface area contributed by atoms with Crippen molar-refractivity contribution in [3.05, 3.63) is 59.2 Å². The van der Waals surface area contributed by atoms with Crippen molar-refractivity contribution in [3.8, 4) is 0 Å². The zero-order valence-corrected chi connectivity index (χ0v) is 14.2. The second-order valence-electron chi connectivity index (χ2n) is 5.29. The lowest BCUT2D eigenvalue weighted by Crippen LogP contribution is -2.22. The van der Waals surface area contributed by atoms with Crippen LogP contribution in [0, 0.1) is 13.8 Å². The molecule has 0 fully saturated rings. The molecule has 2 N–H and O–H groups in total. The SMILES string of the molecule is CCNC(=O)c1ccc(NS(=O)(=O)c2ccc(C)c(C)c2)cc1. The summed E-state index contributed by atoms with van der Waals surface area (Å²) in [5, 5.41) is 2.69. The van der Waals surface area contributed by atoms with Crippen LogP contribution in [0.4, 0.5) is 5.69 Å². The summed E-state index contributed by atoms with van der Waals surface area (Å²) in [6.07, 6.45) is 0. The van der Waals surface area contributed by atoms with E-state index in [9.17, 15) is 13.2 Å². The second-order valence-corrected chi connectivity index (χ2v) is 6.97. The van der Waals surface area contributed by atoms with Crippen molar-refractivity contribution in [1.82, 2.24) is 5.32 Å². The number of nitrogens with one attached hydrogen (secondary N) is 2. The molecular formula is C17H20N2O3S. The minimum absolute atomic E-state index is 0.184. The molecule has 0 bridgehead atoms. The quantitative estimate of drug-likeness (QED) is 0.884. The Morgan fingerprint density at radius 1 is 1.00 bits per heavy atom. The number of benzene rings is 2. The third-order valence-electron chi connectivity index (χ3n) is 3.53. The van der Waals surface area contributed by atoms with E-state index in [-0.39, 0.29) is 10.8 Å². The van der Waals surface area contributed by atoms with Crippen LogP contribution in [0.3, 0.4) is 0 Å². The molecule has 0 atom stereocenters. The van der Waals surface area contributed by atoms with Crippen molar-refractivity contribution in [3.63, 3.8) is 0 Å². The first-order valence-corrected chi connectivity index (χ1v) is 8.80. The van der Waals surface area contributed by atoms with Crippen LogP contribution in [-0.2, 0) is 10.0 Å². The smallest absolute Gasteiger partial charge is 0.261 e. The van der Waals surface area contributed by atoms with Gasteiger partial charge in [0.05, 0.1) is 4.90 Å². The molecule has 23 heavy (non-hydrogen) atoms. The molecule has 2 aromatic carbocycles. The van der Waals surface area contributed by atoms with Crippen molar-refractivity contribution in [2.45, 2.75) is 25.7 Å². The molecule has 0 spiro atoms. The summed E-state index contributed by atoms with van der Waals surface area (Å²) in [5.74, 6) is -0.184. The molecule has 122 valence electrons. The van der Waals surface area contributed by atoms with Crippen LogP contribution < -0.4 is 10.0 Å². The van der Waals surface area contributed by atoms with Crippen molar-refractivity contribution < 1.29 is 13.2 Å². The fourth-order valence-corrected chi connectivity index (χ4v) is 3.19. The van der Waals surface area contributed by atoms with Gasteiger partial charge in [-0.05, 0) is 68.3 Å². The van der Waals surface area contributed by atoms with Crippen LogP contribution in [-0.4, -0.2) is 20.9 Å². The molecule has 0 aliphatic rings. The summed E-state index contributed by atoms with van der Waals surface area (Å²) in [6, 6.07) is 11.3. The highest BCUT2D eigenvalue weighted by atomic mass is 32.2. The standard InChI is InChI=1S/C17H20N2O3S/c1-4-18-17(20)14-6-8-15(9-7-14)19-23(21,22)16-10-5-12(2)13(3)11-16/h5-11,19H,4H2,1-3H3,(H,18,20). The first-order valence-electron chi connectivity index (χ1n) is 7.32. The second kappa shape index (κ2) is 6.83. The Hall–Kier alpha value is -2.34. The number of amides is 1. The number of carbonyl (C=O) groups excluding carboxylic acids is 1. The Labute approximate surface area is 136 Å². The number of hydrogen-bond acceptors (Lipinski definition) is 3. The van der Waals surface area contributed by atoms with E-state index in [2.05, 4.69) is 10.0 Å². The Bertz CT molecular complexity index is 812. The molecule has 0 radical (unpaired) electrons. The van der Waals surface area contributed by atoms with Gasteiger partial charge in [0.25, 0.3) is 15.9 Å². The molecule has 6 heteroatoms. The van der Waals surface area contributed by atoms with Gasteiger partial charge in [-0.2, -0.15) is 0 Å². The molecule has 0 aliphatic heterocycles. The van der Waals surface area contributed by atoms with Crippen molar-refractivity contribution in [2.24, 2.45) is 0 Å². The van der Waals surface area contributed by atoms with Crippen molar-refractivity contribution in [1.29, 1.82) is 0 Å².